The SMILES string of the molecule is OC(O)CCCCCCCCCCCCCCCCCCCCC(Cl)c1ccccc1. The predicted octanol–water partition coefficient (Wildman–Crippen LogP) is 9.08. The van der Waals surface area contributed by atoms with E-state index in [1.54, 1.807) is 0 Å². The summed E-state index contributed by atoms with van der Waals surface area (Å²) in [6, 6.07) is 10.5. The van der Waals surface area contributed by atoms with Gasteiger partial charge in [0.05, 0.1) is 5.38 Å². The Labute approximate surface area is 197 Å². The van der Waals surface area contributed by atoms with Crippen LogP contribution in [0.3, 0.4) is 0 Å². The molecule has 0 radical (unpaired) electrons. The van der Waals surface area contributed by atoms with Gasteiger partial charge >= 0.3 is 0 Å². The van der Waals surface area contributed by atoms with Crippen molar-refractivity contribution in [2.75, 3.05) is 0 Å². The van der Waals surface area contributed by atoms with Crippen molar-refractivity contribution in [3.8, 4) is 0 Å². The molecular weight excluding hydrogens is 404 g/mol. The molecule has 0 aromatic heterocycles. The standard InChI is InChI=1S/C28H49ClO2/c29-27(26-22-18-17-19-23-26)24-20-15-13-11-9-7-5-3-1-2-4-6-8-10-12-14-16-21-25-28(30)31/h17-19,22-23,27-28,30-31H,1-16,20-21,24-25H2. The molecule has 0 saturated heterocycles. The van der Waals surface area contributed by atoms with E-state index in [1.165, 1.54) is 108 Å². The smallest absolute Gasteiger partial charge is 0.151 e. The number of rotatable bonds is 22. The number of halogens is 1. The lowest BCUT2D eigenvalue weighted by molar-refractivity contribution is -0.0466. The van der Waals surface area contributed by atoms with E-state index in [4.69, 9.17) is 21.8 Å². The van der Waals surface area contributed by atoms with Crippen LogP contribution in [0.5, 0.6) is 0 Å². The fraction of sp³-hybridized carbons (Fsp3) is 0.786. The minimum atomic E-state index is -1.11. The highest BCUT2D eigenvalue weighted by molar-refractivity contribution is 6.20. The maximum atomic E-state index is 8.79. The first-order valence-corrected chi connectivity index (χ1v) is 13.7. The Bertz CT molecular complexity index is 477. The zero-order chi connectivity index (χ0) is 22.4. The molecule has 0 spiro atoms. The van der Waals surface area contributed by atoms with Gasteiger partial charge in [0, 0.05) is 0 Å². The van der Waals surface area contributed by atoms with Gasteiger partial charge < -0.3 is 10.2 Å². The normalized spacial score (nSPS) is 12.5. The summed E-state index contributed by atoms with van der Waals surface area (Å²) < 4.78 is 0. The third-order valence-corrected chi connectivity index (χ3v) is 6.80. The van der Waals surface area contributed by atoms with Crippen molar-refractivity contribution in [1.29, 1.82) is 0 Å². The van der Waals surface area contributed by atoms with Crippen molar-refractivity contribution in [3.05, 3.63) is 35.9 Å². The number of benzene rings is 1. The van der Waals surface area contributed by atoms with Gasteiger partial charge in [0.15, 0.2) is 6.29 Å². The van der Waals surface area contributed by atoms with Gasteiger partial charge in [0.1, 0.15) is 0 Å². The highest BCUT2D eigenvalue weighted by atomic mass is 35.5. The monoisotopic (exact) mass is 452 g/mol. The van der Waals surface area contributed by atoms with Gasteiger partial charge in [-0.1, -0.05) is 139 Å². The summed E-state index contributed by atoms with van der Waals surface area (Å²) in [6.45, 7) is 0. The van der Waals surface area contributed by atoms with E-state index < -0.39 is 6.29 Å². The molecule has 2 nitrogen and oxygen atoms in total. The van der Waals surface area contributed by atoms with E-state index in [-0.39, 0.29) is 5.38 Å². The molecule has 2 N–H and O–H groups in total. The molecular formula is C28H49ClO2. The molecule has 0 amide bonds. The third-order valence-electron chi connectivity index (χ3n) is 6.33. The molecule has 0 aliphatic heterocycles. The quantitative estimate of drug-likeness (QED) is 0.104. The minimum absolute atomic E-state index is 0.180. The summed E-state index contributed by atoms with van der Waals surface area (Å²) in [4.78, 5) is 0. The van der Waals surface area contributed by atoms with Crippen LogP contribution in [-0.2, 0) is 0 Å². The summed E-state index contributed by atoms with van der Waals surface area (Å²) in [7, 11) is 0. The second-order valence-corrected chi connectivity index (χ2v) is 9.83. The third kappa shape index (κ3) is 18.7. The van der Waals surface area contributed by atoms with Crippen molar-refractivity contribution in [1.82, 2.24) is 0 Å². The first kappa shape index (κ1) is 28.5. The number of hydrogen-bond acceptors (Lipinski definition) is 2. The molecule has 1 aromatic carbocycles. The van der Waals surface area contributed by atoms with Crippen LogP contribution in [0.4, 0.5) is 0 Å². The Morgan fingerprint density at radius 1 is 0.484 bits per heavy atom. The van der Waals surface area contributed by atoms with Crippen LogP contribution in [-0.4, -0.2) is 16.5 Å². The largest absolute Gasteiger partial charge is 0.368 e. The molecule has 0 aliphatic carbocycles. The molecule has 180 valence electrons. The maximum absolute atomic E-state index is 8.79. The van der Waals surface area contributed by atoms with Crippen molar-refractivity contribution in [2.45, 2.75) is 140 Å². The number of aliphatic hydroxyl groups excluding tert-OH is 1. The molecule has 0 aliphatic rings. The lowest BCUT2D eigenvalue weighted by Gasteiger charge is -2.09. The number of unbranched alkanes of at least 4 members (excludes halogenated alkanes) is 17. The first-order chi connectivity index (χ1) is 15.2. The number of aliphatic hydroxyl groups is 2. The Balaban J connectivity index is 1.71. The van der Waals surface area contributed by atoms with E-state index in [0.29, 0.717) is 6.42 Å². The number of alkyl halides is 1. The Kier molecular flexibility index (Phi) is 19.5. The molecule has 0 heterocycles. The lowest BCUT2D eigenvalue weighted by atomic mass is 10.0. The molecule has 1 unspecified atom stereocenters. The molecule has 1 rings (SSSR count). The zero-order valence-electron chi connectivity index (χ0n) is 20.0. The van der Waals surface area contributed by atoms with E-state index in [9.17, 15) is 0 Å². The van der Waals surface area contributed by atoms with E-state index in [1.807, 2.05) is 6.07 Å². The van der Waals surface area contributed by atoms with Gasteiger partial charge in [0.25, 0.3) is 0 Å². The van der Waals surface area contributed by atoms with Crippen molar-refractivity contribution in [2.24, 2.45) is 0 Å². The molecule has 0 fully saturated rings. The van der Waals surface area contributed by atoms with Crippen LogP contribution in [0, 0.1) is 0 Å². The summed E-state index contributed by atoms with van der Waals surface area (Å²) >= 11 is 6.48. The second kappa shape index (κ2) is 21.3. The second-order valence-electron chi connectivity index (χ2n) is 9.30. The summed E-state index contributed by atoms with van der Waals surface area (Å²) in [6.07, 6.45) is 24.5. The van der Waals surface area contributed by atoms with E-state index >= 15 is 0 Å². The fourth-order valence-corrected chi connectivity index (χ4v) is 4.61. The minimum Gasteiger partial charge on any atom is -0.368 e. The number of hydrogen-bond donors (Lipinski definition) is 2. The van der Waals surface area contributed by atoms with E-state index in [2.05, 4.69) is 24.3 Å². The summed E-state index contributed by atoms with van der Waals surface area (Å²) in [5.41, 5.74) is 1.26. The van der Waals surface area contributed by atoms with Crippen LogP contribution < -0.4 is 0 Å². The topological polar surface area (TPSA) is 40.5 Å². The molecule has 3 heteroatoms. The Morgan fingerprint density at radius 2 is 0.806 bits per heavy atom. The van der Waals surface area contributed by atoms with Crippen LogP contribution in [0.15, 0.2) is 30.3 Å². The lowest BCUT2D eigenvalue weighted by Crippen LogP contribution is -2.02. The van der Waals surface area contributed by atoms with Gasteiger partial charge in [0.2, 0.25) is 0 Å². The fourth-order valence-electron chi connectivity index (χ4n) is 4.31. The van der Waals surface area contributed by atoms with Crippen LogP contribution >= 0.6 is 11.6 Å². The zero-order valence-corrected chi connectivity index (χ0v) is 20.7. The highest BCUT2D eigenvalue weighted by Crippen LogP contribution is 2.26. The van der Waals surface area contributed by atoms with Gasteiger partial charge in [-0.15, -0.1) is 11.6 Å². The van der Waals surface area contributed by atoms with E-state index in [0.717, 1.165) is 19.3 Å². The molecule has 0 bridgehead atoms. The van der Waals surface area contributed by atoms with Crippen LogP contribution in [0.25, 0.3) is 0 Å². The van der Waals surface area contributed by atoms with Crippen LogP contribution in [0.1, 0.15) is 139 Å². The van der Waals surface area contributed by atoms with Gasteiger partial charge in [-0.2, -0.15) is 0 Å². The van der Waals surface area contributed by atoms with Crippen LogP contribution in [0.2, 0.25) is 0 Å². The molecule has 1 atom stereocenters. The average Bonchev–Trinajstić information content (AvgIpc) is 2.78. The molecule has 0 saturated carbocycles. The Morgan fingerprint density at radius 3 is 1.16 bits per heavy atom. The maximum Gasteiger partial charge on any atom is 0.151 e. The average molecular weight is 453 g/mol. The predicted molar refractivity (Wildman–Crippen MR) is 136 cm³/mol. The van der Waals surface area contributed by atoms with Crippen molar-refractivity contribution < 1.29 is 10.2 Å². The summed E-state index contributed by atoms with van der Waals surface area (Å²) in [5, 5.41) is 17.8. The van der Waals surface area contributed by atoms with Crippen molar-refractivity contribution >= 4 is 11.6 Å². The first-order valence-electron chi connectivity index (χ1n) is 13.3. The Hall–Kier alpha value is -0.570. The summed E-state index contributed by atoms with van der Waals surface area (Å²) in [5.74, 6) is 0. The van der Waals surface area contributed by atoms with Gasteiger partial charge in [-0.3, -0.25) is 0 Å². The molecule has 31 heavy (non-hydrogen) atoms. The molecule has 1 aromatic rings. The van der Waals surface area contributed by atoms with Gasteiger partial charge in [-0.25, -0.2) is 0 Å². The highest BCUT2D eigenvalue weighted by Gasteiger charge is 2.06. The van der Waals surface area contributed by atoms with Crippen molar-refractivity contribution in [3.63, 3.8) is 0 Å². The van der Waals surface area contributed by atoms with Gasteiger partial charge in [-0.05, 0) is 24.8 Å².